The lowest BCUT2D eigenvalue weighted by Gasteiger charge is -2.22. The molecule has 0 spiro atoms. The van der Waals surface area contributed by atoms with Crippen molar-refractivity contribution in [3.8, 4) is 22.8 Å². The molecule has 1 amide bonds. The van der Waals surface area contributed by atoms with E-state index in [2.05, 4.69) is 15.6 Å². The number of benzene rings is 1. The van der Waals surface area contributed by atoms with Gasteiger partial charge in [0.1, 0.15) is 6.10 Å². The van der Waals surface area contributed by atoms with E-state index < -0.39 is 6.10 Å². The lowest BCUT2D eigenvalue weighted by Crippen LogP contribution is -2.45. The van der Waals surface area contributed by atoms with Crippen LogP contribution >= 0.6 is 11.3 Å². The van der Waals surface area contributed by atoms with Gasteiger partial charge in [0.2, 0.25) is 6.79 Å². The van der Waals surface area contributed by atoms with Gasteiger partial charge in [0.15, 0.2) is 16.6 Å². The highest BCUT2D eigenvalue weighted by Crippen LogP contribution is 2.36. The van der Waals surface area contributed by atoms with Crippen LogP contribution in [-0.4, -0.2) is 43.5 Å². The van der Waals surface area contributed by atoms with Gasteiger partial charge < -0.3 is 19.5 Å². The van der Waals surface area contributed by atoms with Gasteiger partial charge in [-0.05, 0) is 18.2 Å². The molecular weight excluding hydrogens is 318 g/mol. The van der Waals surface area contributed by atoms with E-state index in [-0.39, 0.29) is 12.7 Å². The van der Waals surface area contributed by atoms with E-state index in [1.54, 1.807) is 0 Å². The summed E-state index contributed by atoms with van der Waals surface area (Å²) in [6.07, 6.45) is -0.471. The first kappa shape index (κ1) is 14.4. The second kappa shape index (κ2) is 6.15. The van der Waals surface area contributed by atoms with Crippen molar-refractivity contribution < 1.29 is 19.0 Å². The Kier molecular flexibility index (Phi) is 3.86. The lowest BCUT2D eigenvalue weighted by atomic mass is 10.1. The highest BCUT2D eigenvalue weighted by Gasteiger charge is 2.23. The third-order valence-electron chi connectivity index (χ3n) is 3.62. The molecule has 1 aromatic heterocycles. The minimum atomic E-state index is -0.471. The molecule has 2 aliphatic rings. The normalized spacial score (nSPS) is 19.6. The molecule has 120 valence electrons. The zero-order valence-electron chi connectivity index (χ0n) is 12.2. The highest BCUT2D eigenvalue weighted by molar-refractivity contribution is 7.14. The van der Waals surface area contributed by atoms with Crippen LogP contribution in [0, 0.1) is 0 Å². The Morgan fingerprint density at radius 1 is 1.35 bits per heavy atom. The maximum absolute atomic E-state index is 12.1. The van der Waals surface area contributed by atoms with Crippen LogP contribution in [0.3, 0.4) is 0 Å². The predicted octanol–water partition coefficient (Wildman–Crippen LogP) is 1.47. The molecule has 1 fully saturated rings. The third kappa shape index (κ3) is 3.00. The fourth-order valence-electron chi connectivity index (χ4n) is 2.44. The van der Waals surface area contributed by atoms with Crippen molar-refractivity contribution in [1.29, 1.82) is 0 Å². The van der Waals surface area contributed by atoms with E-state index in [1.807, 2.05) is 23.6 Å². The second-order valence-electron chi connectivity index (χ2n) is 5.16. The summed E-state index contributed by atoms with van der Waals surface area (Å²) in [7, 11) is 0. The molecule has 8 heteroatoms. The van der Waals surface area contributed by atoms with Gasteiger partial charge in [0, 0.05) is 24.0 Å². The molecule has 4 rings (SSSR count). The predicted molar refractivity (Wildman–Crippen MR) is 84.9 cm³/mol. The summed E-state index contributed by atoms with van der Waals surface area (Å²) in [6.45, 7) is 2.08. The van der Waals surface area contributed by atoms with Crippen molar-refractivity contribution >= 4 is 22.4 Å². The van der Waals surface area contributed by atoms with Gasteiger partial charge >= 0.3 is 0 Å². The Hall–Kier alpha value is -2.16. The minimum absolute atomic E-state index is 0.177. The minimum Gasteiger partial charge on any atom is -0.454 e. The summed E-state index contributed by atoms with van der Waals surface area (Å²) in [5.41, 5.74) is 1.70. The number of aromatic nitrogens is 1. The van der Waals surface area contributed by atoms with Crippen molar-refractivity contribution in [1.82, 2.24) is 10.3 Å². The van der Waals surface area contributed by atoms with Crippen LogP contribution in [0.2, 0.25) is 0 Å². The average Bonchev–Trinajstić information content (AvgIpc) is 3.23. The molecule has 2 N–H and O–H groups in total. The number of hydrogen-bond acceptors (Lipinski definition) is 7. The molecule has 1 atom stereocenters. The summed E-state index contributed by atoms with van der Waals surface area (Å²) >= 11 is 1.38. The van der Waals surface area contributed by atoms with E-state index in [9.17, 15) is 4.79 Å². The van der Waals surface area contributed by atoms with Gasteiger partial charge in [-0.1, -0.05) is 0 Å². The first-order valence-corrected chi connectivity index (χ1v) is 8.16. The molecule has 23 heavy (non-hydrogen) atoms. The van der Waals surface area contributed by atoms with Crippen LogP contribution in [0.4, 0.5) is 5.13 Å². The van der Waals surface area contributed by atoms with E-state index >= 15 is 0 Å². The monoisotopic (exact) mass is 333 g/mol. The SMILES string of the molecule is O=C(Nc1nc(-c2ccc3c(c2)OCO3)cs1)[C@H]1CNCCO1. The van der Waals surface area contributed by atoms with E-state index in [1.165, 1.54) is 11.3 Å². The largest absolute Gasteiger partial charge is 0.454 e. The molecule has 0 unspecified atom stereocenters. The van der Waals surface area contributed by atoms with Crippen LogP contribution in [0.1, 0.15) is 0 Å². The first-order chi connectivity index (χ1) is 11.3. The summed E-state index contributed by atoms with van der Waals surface area (Å²) in [6, 6.07) is 5.66. The van der Waals surface area contributed by atoms with Crippen molar-refractivity contribution in [3.05, 3.63) is 23.6 Å². The smallest absolute Gasteiger partial charge is 0.256 e. The van der Waals surface area contributed by atoms with Crippen molar-refractivity contribution in [2.24, 2.45) is 0 Å². The number of thiazole rings is 1. The number of morpholine rings is 1. The molecule has 0 radical (unpaired) electrons. The first-order valence-electron chi connectivity index (χ1n) is 7.28. The Labute approximate surface area is 136 Å². The molecule has 0 bridgehead atoms. The van der Waals surface area contributed by atoms with Gasteiger partial charge in [-0.2, -0.15) is 0 Å². The van der Waals surface area contributed by atoms with Gasteiger partial charge in [-0.3, -0.25) is 10.1 Å². The van der Waals surface area contributed by atoms with E-state index in [0.29, 0.717) is 24.0 Å². The fraction of sp³-hybridized carbons (Fsp3) is 0.333. The van der Waals surface area contributed by atoms with Crippen LogP contribution in [0.5, 0.6) is 11.5 Å². The van der Waals surface area contributed by atoms with Crippen molar-refractivity contribution in [2.75, 3.05) is 31.8 Å². The number of carbonyl (C=O) groups excluding carboxylic acids is 1. The zero-order valence-corrected chi connectivity index (χ0v) is 13.0. The maximum atomic E-state index is 12.1. The summed E-state index contributed by atoms with van der Waals surface area (Å²) in [5.74, 6) is 1.27. The number of hydrogen-bond donors (Lipinski definition) is 2. The molecule has 7 nitrogen and oxygen atoms in total. The number of amides is 1. The number of rotatable bonds is 3. The fourth-order valence-corrected chi connectivity index (χ4v) is 3.16. The average molecular weight is 333 g/mol. The van der Waals surface area contributed by atoms with Crippen LogP contribution < -0.4 is 20.1 Å². The second-order valence-corrected chi connectivity index (χ2v) is 6.02. The molecule has 3 heterocycles. The van der Waals surface area contributed by atoms with Crippen LogP contribution in [0.25, 0.3) is 11.3 Å². The molecule has 1 saturated heterocycles. The summed E-state index contributed by atoms with van der Waals surface area (Å²) in [5, 5.41) is 8.38. The quantitative estimate of drug-likeness (QED) is 0.885. The lowest BCUT2D eigenvalue weighted by molar-refractivity contribution is -0.128. The Bertz CT molecular complexity index is 727. The number of nitrogens with one attached hydrogen (secondary N) is 2. The molecule has 0 saturated carbocycles. The van der Waals surface area contributed by atoms with Crippen molar-refractivity contribution in [2.45, 2.75) is 6.10 Å². The topological polar surface area (TPSA) is 81.7 Å². The summed E-state index contributed by atoms with van der Waals surface area (Å²) < 4.78 is 16.1. The Balaban J connectivity index is 1.47. The van der Waals surface area contributed by atoms with Gasteiger partial charge in [0.05, 0.1) is 12.3 Å². The zero-order chi connectivity index (χ0) is 15.6. The molecule has 2 aromatic rings. The standard InChI is InChI=1S/C15H15N3O4S/c19-14(13-6-16-3-4-20-13)18-15-17-10(7-23-15)9-1-2-11-12(5-9)22-8-21-11/h1-2,5,7,13,16H,3-4,6,8H2,(H,17,18,19)/t13-/m1/s1. The van der Waals surface area contributed by atoms with Gasteiger partial charge in [0.25, 0.3) is 5.91 Å². The van der Waals surface area contributed by atoms with Gasteiger partial charge in [-0.25, -0.2) is 4.98 Å². The number of anilines is 1. The van der Waals surface area contributed by atoms with E-state index in [0.717, 1.165) is 23.6 Å². The molecule has 1 aromatic carbocycles. The number of carbonyl (C=O) groups is 1. The van der Waals surface area contributed by atoms with Crippen LogP contribution in [0.15, 0.2) is 23.6 Å². The van der Waals surface area contributed by atoms with Crippen LogP contribution in [-0.2, 0) is 9.53 Å². The molecule has 2 aliphatic heterocycles. The Morgan fingerprint density at radius 2 is 2.26 bits per heavy atom. The number of nitrogens with zero attached hydrogens (tertiary/aromatic N) is 1. The Morgan fingerprint density at radius 3 is 3.13 bits per heavy atom. The molecular formula is C15H15N3O4S. The molecule has 0 aliphatic carbocycles. The maximum Gasteiger partial charge on any atom is 0.256 e. The van der Waals surface area contributed by atoms with Crippen molar-refractivity contribution in [3.63, 3.8) is 0 Å². The highest BCUT2D eigenvalue weighted by atomic mass is 32.1. The van der Waals surface area contributed by atoms with E-state index in [4.69, 9.17) is 14.2 Å². The number of ether oxygens (including phenoxy) is 3. The van der Waals surface area contributed by atoms with Gasteiger partial charge in [-0.15, -0.1) is 11.3 Å². The number of fused-ring (bicyclic) bond motifs is 1. The summed E-state index contributed by atoms with van der Waals surface area (Å²) in [4.78, 5) is 16.6. The third-order valence-corrected chi connectivity index (χ3v) is 4.38.